The van der Waals surface area contributed by atoms with Crippen molar-refractivity contribution in [3.63, 3.8) is 0 Å². The summed E-state index contributed by atoms with van der Waals surface area (Å²) in [5.41, 5.74) is 2.17. The zero-order chi connectivity index (χ0) is 22.4. The highest BCUT2D eigenvalue weighted by molar-refractivity contribution is 5.92. The van der Waals surface area contributed by atoms with Crippen LogP contribution in [0.4, 0.5) is 5.82 Å². The van der Waals surface area contributed by atoms with Crippen LogP contribution in [0.25, 0.3) is 28.1 Å². The van der Waals surface area contributed by atoms with Gasteiger partial charge in [0.1, 0.15) is 23.7 Å². The number of nitrogens with zero attached hydrogens (tertiary/aromatic N) is 5. The van der Waals surface area contributed by atoms with E-state index < -0.39 is 0 Å². The van der Waals surface area contributed by atoms with Crippen molar-refractivity contribution in [1.82, 2.24) is 24.9 Å². The predicted octanol–water partition coefficient (Wildman–Crippen LogP) is 2.42. The fraction of sp³-hybridized carbons (Fsp3) is 0.391. The van der Waals surface area contributed by atoms with Crippen LogP contribution in [0.15, 0.2) is 41.1 Å². The number of aromatic nitrogens is 4. The first kappa shape index (κ1) is 20.0. The van der Waals surface area contributed by atoms with Gasteiger partial charge in [-0.3, -0.25) is 4.79 Å². The molecule has 0 spiro atoms. The minimum Gasteiger partial charge on any atom is -0.474 e. The Kier molecular flexibility index (Phi) is 4.87. The number of hydrogen-bond acceptors (Lipinski definition) is 8. The van der Waals surface area contributed by atoms with E-state index in [1.165, 1.54) is 0 Å². The average molecular weight is 448 g/mol. The lowest BCUT2D eigenvalue weighted by molar-refractivity contribution is -0.119. The predicted molar refractivity (Wildman–Crippen MR) is 120 cm³/mol. The zero-order valence-electron chi connectivity index (χ0n) is 18.2. The Morgan fingerprint density at radius 3 is 3.06 bits per heavy atom. The Bertz CT molecular complexity index is 1330. The van der Waals surface area contributed by atoms with Crippen molar-refractivity contribution in [3.8, 4) is 17.3 Å². The molecule has 2 fully saturated rings. The molecule has 10 heteroatoms. The van der Waals surface area contributed by atoms with Crippen molar-refractivity contribution in [3.05, 3.63) is 36.7 Å². The minimum atomic E-state index is 0.0152. The molecule has 170 valence electrons. The maximum atomic E-state index is 11.4. The van der Waals surface area contributed by atoms with E-state index in [9.17, 15) is 4.79 Å². The lowest BCUT2D eigenvalue weighted by atomic mass is 10.2. The number of hydrogen-bond donors (Lipinski definition) is 1. The van der Waals surface area contributed by atoms with E-state index in [-0.39, 0.29) is 18.1 Å². The lowest BCUT2D eigenvalue weighted by Gasteiger charge is -2.32. The smallest absolute Gasteiger partial charge is 0.231 e. The van der Waals surface area contributed by atoms with Crippen molar-refractivity contribution in [1.29, 1.82) is 0 Å². The highest BCUT2D eigenvalue weighted by atomic mass is 16.5. The summed E-state index contributed by atoms with van der Waals surface area (Å²) < 4.78 is 19.4. The minimum absolute atomic E-state index is 0.0152. The average Bonchev–Trinajstić information content (AvgIpc) is 3.54. The molecule has 0 bridgehead atoms. The van der Waals surface area contributed by atoms with Crippen molar-refractivity contribution in [2.24, 2.45) is 0 Å². The quantitative estimate of drug-likeness (QED) is 0.496. The van der Waals surface area contributed by atoms with Gasteiger partial charge in [0, 0.05) is 31.8 Å². The molecule has 4 aromatic rings. The molecule has 2 aliphatic rings. The van der Waals surface area contributed by atoms with Crippen LogP contribution in [0.5, 0.6) is 5.88 Å². The van der Waals surface area contributed by atoms with Crippen LogP contribution >= 0.6 is 0 Å². The second-order valence-corrected chi connectivity index (χ2v) is 8.48. The van der Waals surface area contributed by atoms with Crippen molar-refractivity contribution >= 4 is 28.3 Å². The molecule has 2 aliphatic heterocycles. The summed E-state index contributed by atoms with van der Waals surface area (Å²) >= 11 is 0. The maximum Gasteiger partial charge on any atom is 0.231 e. The Balaban J connectivity index is 1.31. The number of carbonyl (C=O) groups excluding carboxylic acids is 1. The number of pyridine rings is 1. The van der Waals surface area contributed by atoms with E-state index in [1.54, 1.807) is 23.0 Å². The van der Waals surface area contributed by atoms with E-state index in [0.717, 1.165) is 42.0 Å². The normalized spacial score (nSPS) is 21.1. The van der Waals surface area contributed by atoms with Gasteiger partial charge >= 0.3 is 0 Å². The van der Waals surface area contributed by atoms with Crippen LogP contribution in [0.2, 0.25) is 0 Å². The molecule has 0 aliphatic carbocycles. The lowest BCUT2D eigenvalue weighted by Crippen LogP contribution is -2.41. The van der Waals surface area contributed by atoms with Crippen LogP contribution in [0, 0.1) is 0 Å². The first-order valence-electron chi connectivity index (χ1n) is 11.2. The standard InChI is InChI=1S/C23H24N6O4/c1-14-12-28(8-9-31-14)23-16-10-19(33-18(16)6-7-24-23)17-11-25-20-3-5-22(27-29(17)20)32-13-15-2-4-21(30)26-15/h3,5-7,10-11,14-15H,2,4,8-9,12-13H2,1H3,(H,26,30). The molecular formula is C23H24N6O4. The topological polar surface area (TPSA) is 107 Å². The van der Waals surface area contributed by atoms with Gasteiger partial charge in [-0.2, -0.15) is 0 Å². The van der Waals surface area contributed by atoms with Crippen LogP contribution in [0.3, 0.4) is 0 Å². The number of morpholine rings is 1. The number of carbonyl (C=O) groups is 1. The number of furan rings is 1. The van der Waals surface area contributed by atoms with Gasteiger partial charge in [0.25, 0.3) is 0 Å². The second-order valence-electron chi connectivity index (χ2n) is 8.48. The Morgan fingerprint density at radius 2 is 2.21 bits per heavy atom. The number of nitrogens with one attached hydrogen (secondary N) is 1. The number of anilines is 1. The van der Waals surface area contributed by atoms with Gasteiger partial charge < -0.3 is 24.1 Å². The molecule has 0 saturated carbocycles. The van der Waals surface area contributed by atoms with E-state index in [0.29, 0.717) is 36.9 Å². The highest BCUT2D eigenvalue weighted by Gasteiger charge is 2.23. The molecule has 4 aromatic heterocycles. The molecule has 2 unspecified atom stereocenters. The zero-order valence-corrected chi connectivity index (χ0v) is 18.2. The van der Waals surface area contributed by atoms with E-state index >= 15 is 0 Å². The van der Waals surface area contributed by atoms with Crippen molar-refractivity contribution in [2.45, 2.75) is 31.9 Å². The summed E-state index contributed by atoms with van der Waals surface area (Å²) in [5, 5.41) is 8.45. The summed E-state index contributed by atoms with van der Waals surface area (Å²) in [4.78, 5) is 22.7. The van der Waals surface area contributed by atoms with E-state index in [1.807, 2.05) is 18.2 Å². The molecular weight excluding hydrogens is 424 g/mol. The van der Waals surface area contributed by atoms with Gasteiger partial charge in [0.2, 0.25) is 11.8 Å². The van der Waals surface area contributed by atoms with Crippen LogP contribution in [-0.4, -0.2) is 63.9 Å². The molecule has 2 atom stereocenters. The Hall–Kier alpha value is -3.66. The second kappa shape index (κ2) is 8.04. The Morgan fingerprint density at radius 1 is 1.27 bits per heavy atom. The molecule has 10 nitrogen and oxygen atoms in total. The van der Waals surface area contributed by atoms with Crippen LogP contribution < -0.4 is 15.0 Å². The third-order valence-corrected chi connectivity index (χ3v) is 6.07. The number of ether oxygens (including phenoxy) is 2. The van der Waals surface area contributed by atoms with E-state index in [4.69, 9.17) is 13.9 Å². The number of imidazole rings is 1. The van der Waals surface area contributed by atoms with Gasteiger partial charge in [-0.1, -0.05) is 0 Å². The monoisotopic (exact) mass is 448 g/mol. The molecule has 1 amide bonds. The number of rotatable bonds is 5. The first-order chi connectivity index (χ1) is 16.1. The maximum absolute atomic E-state index is 11.4. The van der Waals surface area contributed by atoms with Gasteiger partial charge in [-0.25, -0.2) is 14.5 Å². The van der Waals surface area contributed by atoms with Crippen LogP contribution in [-0.2, 0) is 9.53 Å². The fourth-order valence-electron chi connectivity index (χ4n) is 4.43. The third kappa shape index (κ3) is 3.76. The van der Waals surface area contributed by atoms with Crippen LogP contribution in [0.1, 0.15) is 19.8 Å². The Labute approximate surface area is 189 Å². The van der Waals surface area contributed by atoms with E-state index in [2.05, 4.69) is 32.2 Å². The van der Waals surface area contributed by atoms with Gasteiger partial charge in [0.05, 0.1) is 30.3 Å². The summed E-state index contributed by atoms with van der Waals surface area (Å²) in [6, 6.07) is 7.51. The third-order valence-electron chi connectivity index (χ3n) is 6.07. The number of amides is 1. The summed E-state index contributed by atoms with van der Waals surface area (Å²) in [6.45, 7) is 4.69. The van der Waals surface area contributed by atoms with Gasteiger partial charge in [-0.05, 0) is 31.5 Å². The molecule has 0 aromatic carbocycles. The SMILES string of the molecule is CC1CN(c2nccc3oc(-c4cnc5ccc(OCC6CCC(=O)N6)nn45)cc23)CCO1. The highest BCUT2D eigenvalue weighted by Crippen LogP contribution is 2.33. The molecule has 0 radical (unpaired) electrons. The summed E-state index contributed by atoms with van der Waals surface area (Å²) in [6.07, 6.45) is 4.98. The molecule has 1 N–H and O–H groups in total. The summed E-state index contributed by atoms with van der Waals surface area (Å²) in [5.74, 6) is 2.07. The molecule has 6 heterocycles. The number of fused-ring (bicyclic) bond motifs is 2. The van der Waals surface area contributed by atoms with Crippen molar-refractivity contribution in [2.75, 3.05) is 31.2 Å². The first-order valence-corrected chi connectivity index (χ1v) is 11.2. The molecule has 33 heavy (non-hydrogen) atoms. The summed E-state index contributed by atoms with van der Waals surface area (Å²) in [7, 11) is 0. The van der Waals surface area contributed by atoms with Crippen molar-refractivity contribution < 1.29 is 18.7 Å². The molecule has 2 saturated heterocycles. The largest absolute Gasteiger partial charge is 0.474 e. The fourth-order valence-corrected chi connectivity index (χ4v) is 4.43. The van der Waals surface area contributed by atoms with Gasteiger partial charge in [-0.15, -0.1) is 5.10 Å². The van der Waals surface area contributed by atoms with Gasteiger partial charge in [0.15, 0.2) is 11.4 Å². The molecule has 6 rings (SSSR count).